The van der Waals surface area contributed by atoms with E-state index >= 15 is 0 Å². The molecule has 0 aromatic carbocycles. The molecule has 2 rings (SSSR count). The number of anilines is 1. The van der Waals surface area contributed by atoms with E-state index in [1.807, 2.05) is 13.0 Å². The monoisotopic (exact) mass is 238 g/mol. The second-order valence-electron chi connectivity index (χ2n) is 4.67. The van der Waals surface area contributed by atoms with E-state index in [0.717, 1.165) is 23.8 Å². The molecule has 0 saturated heterocycles. The molecule has 16 heavy (non-hydrogen) atoms. The number of aryl methyl sites for hydroxylation is 1. The van der Waals surface area contributed by atoms with E-state index < -0.39 is 0 Å². The highest BCUT2D eigenvalue weighted by Crippen LogP contribution is 2.25. The minimum atomic E-state index is 0.705. The predicted octanol–water partition coefficient (Wildman–Crippen LogP) is 4.04. The van der Waals surface area contributed by atoms with Crippen molar-refractivity contribution in [3.05, 3.63) is 23.0 Å². The normalized spacial score (nSPS) is 17.4. The lowest BCUT2D eigenvalue weighted by atomic mass is 9.89. The van der Waals surface area contributed by atoms with Gasteiger partial charge in [-0.25, -0.2) is 0 Å². The fraction of sp³-hybridized carbons (Fsp3) is 0.615. The maximum absolute atomic E-state index is 5.94. The molecule has 1 aromatic rings. The van der Waals surface area contributed by atoms with Gasteiger partial charge in [-0.1, -0.05) is 30.9 Å². The van der Waals surface area contributed by atoms with Gasteiger partial charge in [0.15, 0.2) is 0 Å². The second-order valence-corrected chi connectivity index (χ2v) is 5.11. The van der Waals surface area contributed by atoms with Gasteiger partial charge in [-0.15, -0.1) is 0 Å². The number of pyridine rings is 1. The largest absolute Gasteiger partial charge is 0.383 e. The third-order valence-electron chi connectivity index (χ3n) is 3.36. The first-order chi connectivity index (χ1) is 7.75. The third kappa shape index (κ3) is 3.11. The zero-order valence-corrected chi connectivity index (χ0v) is 10.6. The van der Waals surface area contributed by atoms with Crippen molar-refractivity contribution in [2.75, 3.05) is 11.9 Å². The Labute approximate surface area is 102 Å². The Balaban J connectivity index is 1.90. The Kier molecular flexibility index (Phi) is 4.05. The Morgan fingerprint density at radius 2 is 2.12 bits per heavy atom. The molecule has 0 amide bonds. The van der Waals surface area contributed by atoms with Crippen LogP contribution >= 0.6 is 11.6 Å². The zero-order chi connectivity index (χ0) is 11.4. The summed E-state index contributed by atoms with van der Waals surface area (Å²) < 4.78 is 0. The lowest BCUT2D eigenvalue weighted by Gasteiger charge is -2.22. The molecule has 1 saturated carbocycles. The number of aromatic nitrogens is 1. The molecule has 1 N–H and O–H groups in total. The van der Waals surface area contributed by atoms with E-state index in [9.17, 15) is 0 Å². The van der Waals surface area contributed by atoms with Crippen LogP contribution in [0, 0.1) is 12.8 Å². The van der Waals surface area contributed by atoms with Crippen molar-refractivity contribution in [3.63, 3.8) is 0 Å². The topological polar surface area (TPSA) is 24.9 Å². The standard InChI is InChI=1S/C13H19ClN2/c1-10-13(7-12(14)9-15-10)16-8-11-5-3-2-4-6-11/h7,9,11,16H,2-6,8H2,1H3. The molecule has 0 radical (unpaired) electrons. The average molecular weight is 239 g/mol. The number of hydrogen-bond donors (Lipinski definition) is 1. The van der Waals surface area contributed by atoms with E-state index in [-0.39, 0.29) is 0 Å². The molecule has 1 heterocycles. The summed E-state index contributed by atoms with van der Waals surface area (Å²) in [6.07, 6.45) is 8.61. The van der Waals surface area contributed by atoms with E-state index in [1.165, 1.54) is 32.1 Å². The summed E-state index contributed by atoms with van der Waals surface area (Å²) in [7, 11) is 0. The van der Waals surface area contributed by atoms with Crippen LogP contribution in [0.4, 0.5) is 5.69 Å². The summed E-state index contributed by atoms with van der Waals surface area (Å²) in [6, 6.07) is 1.96. The molecule has 88 valence electrons. The number of halogens is 1. The highest BCUT2D eigenvalue weighted by molar-refractivity contribution is 6.30. The average Bonchev–Trinajstić information content (AvgIpc) is 2.32. The molecule has 0 spiro atoms. The first-order valence-corrected chi connectivity index (χ1v) is 6.49. The van der Waals surface area contributed by atoms with Crippen LogP contribution in [-0.4, -0.2) is 11.5 Å². The van der Waals surface area contributed by atoms with Crippen LogP contribution in [0.5, 0.6) is 0 Å². The summed E-state index contributed by atoms with van der Waals surface area (Å²) in [5, 5.41) is 4.18. The van der Waals surface area contributed by atoms with Gasteiger partial charge in [-0.3, -0.25) is 4.98 Å². The Morgan fingerprint density at radius 1 is 1.38 bits per heavy atom. The lowest BCUT2D eigenvalue weighted by Crippen LogP contribution is -2.17. The summed E-state index contributed by atoms with van der Waals surface area (Å²) in [6.45, 7) is 3.07. The number of nitrogens with zero attached hydrogens (tertiary/aromatic N) is 1. The fourth-order valence-corrected chi connectivity index (χ4v) is 2.49. The van der Waals surface area contributed by atoms with Gasteiger partial charge in [0.2, 0.25) is 0 Å². The van der Waals surface area contributed by atoms with Gasteiger partial charge in [0, 0.05) is 12.7 Å². The van der Waals surface area contributed by atoms with Gasteiger partial charge in [0.05, 0.1) is 16.4 Å². The van der Waals surface area contributed by atoms with Crippen molar-refractivity contribution in [3.8, 4) is 0 Å². The molecule has 0 unspecified atom stereocenters. The Hall–Kier alpha value is -0.760. The van der Waals surface area contributed by atoms with Crippen LogP contribution in [0.3, 0.4) is 0 Å². The molecular weight excluding hydrogens is 220 g/mol. The fourth-order valence-electron chi connectivity index (χ4n) is 2.33. The number of hydrogen-bond acceptors (Lipinski definition) is 2. The van der Waals surface area contributed by atoms with Gasteiger partial charge in [0.1, 0.15) is 0 Å². The van der Waals surface area contributed by atoms with Crippen LogP contribution in [0.15, 0.2) is 12.3 Å². The van der Waals surface area contributed by atoms with Gasteiger partial charge in [-0.2, -0.15) is 0 Å². The van der Waals surface area contributed by atoms with Gasteiger partial charge >= 0.3 is 0 Å². The summed E-state index contributed by atoms with van der Waals surface area (Å²) >= 11 is 5.94. The third-order valence-corrected chi connectivity index (χ3v) is 3.57. The van der Waals surface area contributed by atoms with Crippen molar-refractivity contribution in [1.29, 1.82) is 0 Å². The molecule has 1 fully saturated rings. The van der Waals surface area contributed by atoms with Crippen LogP contribution in [0.1, 0.15) is 37.8 Å². The first kappa shape index (κ1) is 11.7. The molecule has 2 nitrogen and oxygen atoms in total. The van der Waals surface area contributed by atoms with E-state index in [4.69, 9.17) is 11.6 Å². The molecule has 0 atom stereocenters. The van der Waals surface area contributed by atoms with Crippen LogP contribution in [-0.2, 0) is 0 Å². The van der Waals surface area contributed by atoms with Gasteiger partial charge < -0.3 is 5.32 Å². The quantitative estimate of drug-likeness (QED) is 0.860. The Bertz CT molecular complexity index is 346. The predicted molar refractivity (Wildman–Crippen MR) is 69.0 cm³/mol. The van der Waals surface area contributed by atoms with Gasteiger partial charge in [-0.05, 0) is 31.7 Å². The van der Waals surface area contributed by atoms with Crippen molar-refractivity contribution >= 4 is 17.3 Å². The summed E-state index contributed by atoms with van der Waals surface area (Å²) in [4.78, 5) is 4.25. The molecule has 1 aromatic heterocycles. The van der Waals surface area contributed by atoms with Crippen molar-refractivity contribution in [2.45, 2.75) is 39.0 Å². The molecule has 0 aliphatic heterocycles. The van der Waals surface area contributed by atoms with Crippen molar-refractivity contribution in [1.82, 2.24) is 4.98 Å². The SMILES string of the molecule is Cc1ncc(Cl)cc1NCC1CCCCC1. The van der Waals surface area contributed by atoms with Crippen LogP contribution in [0.2, 0.25) is 5.02 Å². The Morgan fingerprint density at radius 3 is 2.88 bits per heavy atom. The van der Waals surface area contributed by atoms with Crippen molar-refractivity contribution in [2.24, 2.45) is 5.92 Å². The van der Waals surface area contributed by atoms with Crippen LogP contribution in [0.25, 0.3) is 0 Å². The zero-order valence-electron chi connectivity index (χ0n) is 9.80. The minimum absolute atomic E-state index is 0.705. The molecule has 3 heteroatoms. The highest BCUT2D eigenvalue weighted by atomic mass is 35.5. The van der Waals surface area contributed by atoms with E-state index in [2.05, 4.69) is 10.3 Å². The van der Waals surface area contributed by atoms with E-state index in [1.54, 1.807) is 6.20 Å². The molecule has 0 bridgehead atoms. The maximum atomic E-state index is 5.94. The first-order valence-electron chi connectivity index (χ1n) is 6.12. The lowest BCUT2D eigenvalue weighted by molar-refractivity contribution is 0.373. The molecular formula is C13H19ClN2. The highest BCUT2D eigenvalue weighted by Gasteiger charge is 2.13. The summed E-state index contributed by atoms with van der Waals surface area (Å²) in [5.41, 5.74) is 2.11. The molecule has 1 aliphatic carbocycles. The van der Waals surface area contributed by atoms with Crippen molar-refractivity contribution < 1.29 is 0 Å². The summed E-state index contributed by atoms with van der Waals surface area (Å²) in [5.74, 6) is 0.826. The van der Waals surface area contributed by atoms with E-state index in [0.29, 0.717) is 5.02 Å². The van der Waals surface area contributed by atoms with Gasteiger partial charge in [0.25, 0.3) is 0 Å². The molecule has 1 aliphatic rings. The smallest absolute Gasteiger partial charge is 0.0610 e. The number of rotatable bonds is 3. The van der Waals surface area contributed by atoms with Crippen LogP contribution < -0.4 is 5.32 Å². The minimum Gasteiger partial charge on any atom is -0.383 e. The maximum Gasteiger partial charge on any atom is 0.0610 e. The number of nitrogens with one attached hydrogen (secondary N) is 1. The second kappa shape index (κ2) is 5.53.